The minimum atomic E-state index is 0. The first-order chi connectivity index (χ1) is 10.8. The summed E-state index contributed by atoms with van der Waals surface area (Å²) in [6.45, 7) is 6.02. The average Bonchev–Trinajstić information content (AvgIpc) is 3.20. The fourth-order valence-corrected chi connectivity index (χ4v) is 3.97. The van der Waals surface area contributed by atoms with Crippen LogP contribution in [-0.2, 0) is 6.54 Å². The number of piperidine rings is 1. The van der Waals surface area contributed by atoms with Crippen molar-refractivity contribution in [3.05, 3.63) is 48.5 Å². The lowest BCUT2D eigenvalue weighted by molar-refractivity contribution is 0.194. The number of benzene rings is 1. The van der Waals surface area contributed by atoms with Gasteiger partial charge in [0, 0.05) is 31.2 Å². The molecule has 1 spiro atoms. The Kier molecular flexibility index (Phi) is 5.05. The van der Waals surface area contributed by atoms with Gasteiger partial charge < -0.3 is 9.88 Å². The van der Waals surface area contributed by atoms with E-state index in [0.717, 1.165) is 6.54 Å². The van der Waals surface area contributed by atoms with Crippen LogP contribution in [0.25, 0.3) is 5.69 Å². The number of hydrogen-bond acceptors (Lipinski definition) is 3. The third-order valence-corrected chi connectivity index (χ3v) is 5.33. The standard InChI is InChI=1S/C18H24N4.ClH/c1-3-17(22-12-10-20-15-22)4-2-16(1)13-21-11-7-18(14-21)5-8-19-9-6-18;/h1-4,10,12,15,19H,5-9,11,13-14H2;1H. The van der Waals surface area contributed by atoms with Crippen molar-refractivity contribution in [2.45, 2.75) is 25.8 Å². The Morgan fingerprint density at radius 1 is 1.09 bits per heavy atom. The van der Waals surface area contributed by atoms with Gasteiger partial charge in [-0.15, -0.1) is 12.4 Å². The zero-order chi connectivity index (χ0) is 14.8. The number of rotatable bonds is 3. The molecule has 2 aliphatic heterocycles. The second kappa shape index (κ2) is 7.04. The van der Waals surface area contributed by atoms with Crippen molar-refractivity contribution in [2.24, 2.45) is 5.41 Å². The quantitative estimate of drug-likeness (QED) is 0.938. The molecule has 0 saturated carbocycles. The zero-order valence-corrected chi connectivity index (χ0v) is 14.3. The van der Waals surface area contributed by atoms with E-state index in [0.29, 0.717) is 5.41 Å². The molecule has 3 heterocycles. The summed E-state index contributed by atoms with van der Waals surface area (Å²) in [4.78, 5) is 6.74. The highest BCUT2D eigenvalue weighted by Gasteiger charge is 2.38. The van der Waals surface area contributed by atoms with E-state index >= 15 is 0 Å². The van der Waals surface area contributed by atoms with E-state index in [2.05, 4.69) is 39.5 Å². The molecule has 1 aromatic heterocycles. The van der Waals surface area contributed by atoms with Crippen LogP contribution >= 0.6 is 12.4 Å². The molecule has 23 heavy (non-hydrogen) atoms. The van der Waals surface area contributed by atoms with Crippen molar-refractivity contribution in [2.75, 3.05) is 26.2 Å². The molecule has 0 atom stereocenters. The molecule has 2 saturated heterocycles. The minimum Gasteiger partial charge on any atom is -0.317 e. The Labute approximate surface area is 144 Å². The molecule has 2 aromatic rings. The van der Waals surface area contributed by atoms with Crippen LogP contribution in [0.1, 0.15) is 24.8 Å². The normalized spacial score (nSPS) is 20.5. The number of likely N-dealkylation sites (tertiary alicyclic amines) is 1. The van der Waals surface area contributed by atoms with Crippen LogP contribution in [0, 0.1) is 5.41 Å². The Hall–Kier alpha value is -1.36. The molecule has 4 rings (SSSR count). The Morgan fingerprint density at radius 3 is 2.57 bits per heavy atom. The molecule has 0 bridgehead atoms. The highest BCUT2D eigenvalue weighted by Crippen LogP contribution is 2.38. The highest BCUT2D eigenvalue weighted by atomic mass is 35.5. The van der Waals surface area contributed by atoms with E-state index in [9.17, 15) is 0 Å². The molecule has 0 unspecified atom stereocenters. The summed E-state index contributed by atoms with van der Waals surface area (Å²) >= 11 is 0. The molecule has 1 aromatic carbocycles. The van der Waals surface area contributed by atoms with E-state index in [-0.39, 0.29) is 12.4 Å². The van der Waals surface area contributed by atoms with Gasteiger partial charge in [-0.05, 0) is 62.0 Å². The van der Waals surface area contributed by atoms with Crippen molar-refractivity contribution >= 4 is 12.4 Å². The van der Waals surface area contributed by atoms with Gasteiger partial charge in [0.05, 0.1) is 6.33 Å². The number of nitrogens with one attached hydrogen (secondary N) is 1. The summed E-state index contributed by atoms with van der Waals surface area (Å²) in [7, 11) is 0. The van der Waals surface area contributed by atoms with Crippen molar-refractivity contribution < 1.29 is 0 Å². The second-order valence-electron chi connectivity index (χ2n) is 6.85. The van der Waals surface area contributed by atoms with Crippen LogP contribution < -0.4 is 5.32 Å². The molecular formula is C18H25ClN4. The lowest BCUT2D eigenvalue weighted by atomic mass is 9.78. The molecule has 2 aliphatic rings. The van der Waals surface area contributed by atoms with Gasteiger partial charge in [-0.1, -0.05) is 12.1 Å². The first-order valence-electron chi connectivity index (χ1n) is 8.33. The Morgan fingerprint density at radius 2 is 1.87 bits per heavy atom. The average molecular weight is 333 g/mol. The summed E-state index contributed by atoms with van der Waals surface area (Å²) in [5, 5.41) is 3.49. The third kappa shape index (κ3) is 3.60. The molecule has 0 amide bonds. The molecule has 124 valence electrons. The van der Waals surface area contributed by atoms with Crippen LogP contribution in [0.15, 0.2) is 43.0 Å². The van der Waals surface area contributed by atoms with Crippen LogP contribution in [0.4, 0.5) is 0 Å². The largest absolute Gasteiger partial charge is 0.317 e. The maximum absolute atomic E-state index is 4.10. The van der Waals surface area contributed by atoms with E-state index in [1.807, 2.05) is 23.3 Å². The lowest BCUT2D eigenvalue weighted by Gasteiger charge is -2.33. The van der Waals surface area contributed by atoms with Gasteiger partial charge in [-0.3, -0.25) is 4.90 Å². The Bertz CT molecular complexity index is 602. The van der Waals surface area contributed by atoms with Gasteiger partial charge in [0.15, 0.2) is 0 Å². The fraction of sp³-hybridized carbons (Fsp3) is 0.500. The number of nitrogens with zero attached hydrogens (tertiary/aromatic N) is 3. The summed E-state index contributed by atoms with van der Waals surface area (Å²) in [6, 6.07) is 8.88. The Balaban J connectivity index is 0.00000156. The van der Waals surface area contributed by atoms with Gasteiger partial charge in [0.1, 0.15) is 0 Å². The van der Waals surface area contributed by atoms with Crippen molar-refractivity contribution in [1.29, 1.82) is 0 Å². The maximum Gasteiger partial charge on any atom is 0.0991 e. The number of aromatic nitrogens is 2. The predicted octanol–water partition coefficient (Wildman–Crippen LogP) is 2.87. The molecular weight excluding hydrogens is 308 g/mol. The molecule has 1 N–H and O–H groups in total. The lowest BCUT2D eigenvalue weighted by Crippen LogP contribution is -2.38. The van der Waals surface area contributed by atoms with E-state index in [1.54, 1.807) is 0 Å². The number of halogens is 1. The first kappa shape index (κ1) is 16.5. The van der Waals surface area contributed by atoms with Crippen LogP contribution in [-0.4, -0.2) is 40.6 Å². The molecule has 2 fully saturated rings. The third-order valence-electron chi connectivity index (χ3n) is 5.33. The molecule has 5 heteroatoms. The first-order valence-corrected chi connectivity index (χ1v) is 8.33. The van der Waals surface area contributed by atoms with Crippen molar-refractivity contribution in [1.82, 2.24) is 19.8 Å². The number of imidazole rings is 1. The highest BCUT2D eigenvalue weighted by molar-refractivity contribution is 5.85. The topological polar surface area (TPSA) is 33.1 Å². The smallest absolute Gasteiger partial charge is 0.0991 e. The summed E-state index contributed by atoms with van der Waals surface area (Å²) in [5.41, 5.74) is 3.19. The SMILES string of the molecule is Cl.c1cn(-c2ccc(CN3CCC4(CCNCC4)C3)cc2)cn1. The molecule has 0 aliphatic carbocycles. The van der Waals surface area contributed by atoms with E-state index in [4.69, 9.17) is 0 Å². The second-order valence-corrected chi connectivity index (χ2v) is 6.85. The summed E-state index contributed by atoms with van der Waals surface area (Å²) in [6.07, 6.45) is 9.72. The van der Waals surface area contributed by atoms with Crippen LogP contribution in [0.5, 0.6) is 0 Å². The number of hydrogen-bond donors (Lipinski definition) is 1. The molecule has 0 radical (unpaired) electrons. The fourth-order valence-electron chi connectivity index (χ4n) is 3.97. The maximum atomic E-state index is 4.10. The predicted molar refractivity (Wildman–Crippen MR) is 95.2 cm³/mol. The molecule has 4 nitrogen and oxygen atoms in total. The van der Waals surface area contributed by atoms with Gasteiger partial charge in [0.2, 0.25) is 0 Å². The van der Waals surface area contributed by atoms with Crippen LogP contribution in [0.3, 0.4) is 0 Å². The summed E-state index contributed by atoms with van der Waals surface area (Å²) < 4.78 is 2.05. The van der Waals surface area contributed by atoms with Crippen LogP contribution in [0.2, 0.25) is 0 Å². The van der Waals surface area contributed by atoms with Crippen molar-refractivity contribution in [3.63, 3.8) is 0 Å². The van der Waals surface area contributed by atoms with Gasteiger partial charge in [-0.25, -0.2) is 4.98 Å². The zero-order valence-electron chi connectivity index (χ0n) is 13.4. The van der Waals surface area contributed by atoms with Gasteiger partial charge in [0.25, 0.3) is 0 Å². The van der Waals surface area contributed by atoms with E-state index < -0.39 is 0 Å². The van der Waals surface area contributed by atoms with Crippen molar-refractivity contribution in [3.8, 4) is 5.69 Å². The minimum absolute atomic E-state index is 0. The summed E-state index contributed by atoms with van der Waals surface area (Å²) in [5.74, 6) is 0. The monoisotopic (exact) mass is 332 g/mol. The van der Waals surface area contributed by atoms with Gasteiger partial charge in [-0.2, -0.15) is 0 Å². The van der Waals surface area contributed by atoms with E-state index in [1.165, 1.54) is 56.7 Å². The van der Waals surface area contributed by atoms with Gasteiger partial charge >= 0.3 is 0 Å².